The van der Waals surface area contributed by atoms with Gasteiger partial charge in [0.15, 0.2) is 5.96 Å². The second kappa shape index (κ2) is 5.34. The van der Waals surface area contributed by atoms with Crippen molar-refractivity contribution in [2.75, 3.05) is 24.5 Å². The van der Waals surface area contributed by atoms with Crippen LogP contribution in [0.3, 0.4) is 0 Å². The Balaban J connectivity index is 1.84. The second-order valence-electron chi connectivity index (χ2n) is 6.70. The van der Waals surface area contributed by atoms with Crippen molar-refractivity contribution in [2.24, 2.45) is 10.7 Å². The highest BCUT2D eigenvalue weighted by molar-refractivity contribution is 5.98. The van der Waals surface area contributed by atoms with E-state index >= 15 is 0 Å². The molecule has 4 nitrogen and oxygen atoms in total. The summed E-state index contributed by atoms with van der Waals surface area (Å²) in [5.74, 6) is 0.678. The summed E-state index contributed by atoms with van der Waals surface area (Å²) in [6.07, 6.45) is 2.26. The quantitative estimate of drug-likeness (QED) is 0.908. The molecule has 4 heteroatoms. The molecule has 0 radical (unpaired) electrons. The minimum atomic E-state index is 0.0880. The lowest BCUT2D eigenvalue weighted by Crippen LogP contribution is -2.58. The number of hydrogen-bond donors (Lipinski definition) is 1. The average Bonchev–Trinajstić information content (AvgIpc) is 2.78. The van der Waals surface area contributed by atoms with E-state index in [1.165, 1.54) is 11.3 Å². The van der Waals surface area contributed by atoms with Crippen molar-refractivity contribution in [3.63, 3.8) is 0 Å². The Hall–Kier alpha value is -1.55. The van der Waals surface area contributed by atoms with Gasteiger partial charge in [0.1, 0.15) is 0 Å². The SMILES string of the molecule is Cc1ccc(N2C(N)=NCC23CCN(C(C)C)CC3)cc1. The van der Waals surface area contributed by atoms with Gasteiger partial charge in [-0.2, -0.15) is 0 Å². The topological polar surface area (TPSA) is 44.9 Å². The first-order valence-corrected chi connectivity index (χ1v) is 7.93. The van der Waals surface area contributed by atoms with Gasteiger partial charge in [-0.1, -0.05) is 17.7 Å². The standard InChI is InChI=1S/C17H26N4/c1-13(2)20-10-8-17(9-11-20)12-19-16(18)21(17)15-6-4-14(3)5-7-15/h4-7,13H,8-12H2,1-3H3,(H2,18,19). The molecule has 0 aliphatic carbocycles. The summed E-state index contributed by atoms with van der Waals surface area (Å²) in [5.41, 5.74) is 8.75. The van der Waals surface area contributed by atoms with E-state index < -0.39 is 0 Å². The maximum Gasteiger partial charge on any atom is 0.196 e. The number of benzene rings is 1. The van der Waals surface area contributed by atoms with Gasteiger partial charge in [-0.25, -0.2) is 0 Å². The Morgan fingerprint density at radius 2 is 1.76 bits per heavy atom. The van der Waals surface area contributed by atoms with E-state index in [0.29, 0.717) is 12.0 Å². The average molecular weight is 286 g/mol. The highest BCUT2D eigenvalue weighted by Crippen LogP contribution is 2.37. The van der Waals surface area contributed by atoms with Crippen LogP contribution in [0.25, 0.3) is 0 Å². The zero-order valence-electron chi connectivity index (χ0n) is 13.3. The third-order valence-corrected chi connectivity index (χ3v) is 4.99. The van der Waals surface area contributed by atoms with Crippen LogP contribution in [-0.4, -0.2) is 42.1 Å². The van der Waals surface area contributed by atoms with Crippen molar-refractivity contribution in [3.05, 3.63) is 29.8 Å². The van der Waals surface area contributed by atoms with Gasteiger partial charge < -0.3 is 15.5 Å². The molecule has 0 saturated carbocycles. The van der Waals surface area contributed by atoms with Gasteiger partial charge in [0.2, 0.25) is 0 Å². The number of piperidine rings is 1. The van der Waals surface area contributed by atoms with Crippen molar-refractivity contribution in [1.82, 2.24) is 4.90 Å². The van der Waals surface area contributed by atoms with Crippen molar-refractivity contribution >= 4 is 11.6 Å². The number of nitrogens with two attached hydrogens (primary N) is 1. The lowest BCUT2D eigenvalue weighted by atomic mass is 9.85. The number of hydrogen-bond acceptors (Lipinski definition) is 4. The summed E-state index contributed by atoms with van der Waals surface area (Å²) in [4.78, 5) is 9.40. The predicted molar refractivity (Wildman–Crippen MR) is 88.8 cm³/mol. The normalized spacial score (nSPS) is 22.1. The molecule has 2 heterocycles. The summed E-state index contributed by atoms with van der Waals surface area (Å²) in [7, 11) is 0. The van der Waals surface area contributed by atoms with Crippen LogP contribution >= 0.6 is 0 Å². The molecule has 0 bridgehead atoms. The highest BCUT2D eigenvalue weighted by Gasteiger charge is 2.45. The molecule has 0 aromatic heterocycles. The molecule has 114 valence electrons. The minimum absolute atomic E-state index is 0.0880. The monoisotopic (exact) mass is 286 g/mol. The van der Waals surface area contributed by atoms with Crippen LogP contribution in [0.15, 0.2) is 29.3 Å². The first-order chi connectivity index (χ1) is 10.0. The van der Waals surface area contributed by atoms with E-state index in [4.69, 9.17) is 5.73 Å². The minimum Gasteiger partial charge on any atom is -0.369 e. The number of guanidine groups is 1. The van der Waals surface area contributed by atoms with Crippen LogP contribution in [0.5, 0.6) is 0 Å². The third kappa shape index (κ3) is 2.53. The Bertz CT molecular complexity index is 524. The highest BCUT2D eigenvalue weighted by atomic mass is 15.4. The summed E-state index contributed by atoms with van der Waals surface area (Å²) >= 11 is 0. The predicted octanol–water partition coefficient (Wildman–Crippen LogP) is 2.37. The molecule has 1 fully saturated rings. The van der Waals surface area contributed by atoms with E-state index in [2.05, 4.69) is 59.8 Å². The molecule has 21 heavy (non-hydrogen) atoms. The lowest BCUT2D eigenvalue weighted by molar-refractivity contribution is 0.139. The zero-order chi connectivity index (χ0) is 15.0. The molecule has 0 unspecified atom stereocenters. The molecule has 0 atom stereocenters. The maximum atomic E-state index is 6.21. The third-order valence-electron chi connectivity index (χ3n) is 4.99. The van der Waals surface area contributed by atoms with E-state index in [0.717, 1.165) is 32.5 Å². The maximum absolute atomic E-state index is 6.21. The van der Waals surface area contributed by atoms with Crippen LogP contribution < -0.4 is 10.6 Å². The van der Waals surface area contributed by atoms with E-state index in [1.807, 2.05) is 0 Å². The number of aryl methyl sites for hydroxylation is 1. The first kappa shape index (κ1) is 14.4. The molecule has 2 aliphatic heterocycles. The Kier molecular flexibility index (Phi) is 3.66. The molecular weight excluding hydrogens is 260 g/mol. The van der Waals surface area contributed by atoms with E-state index in [9.17, 15) is 0 Å². The number of rotatable bonds is 2. The first-order valence-electron chi connectivity index (χ1n) is 7.93. The van der Waals surface area contributed by atoms with Gasteiger partial charge in [-0.05, 0) is 45.7 Å². The van der Waals surface area contributed by atoms with Gasteiger partial charge in [0.25, 0.3) is 0 Å². The largest absolute Gasteiger partial charge is 0.369 e. The number of likely N-dealkylation sites (tertiary alicyclic amines) is 1. The summed E-state index contributed by atoms with van der Waals surface area (Å²) in [6.45, 7) is 9.75. The summed E-state index contributed by atoms with van der Waals surface area (Å²) in [5, 5.41) is 0. The molecule has 1 saturated heterocycles. The van der Waals surface area contributed by atoms with Crippen LogP contribution in [0, 0.1) is 6.92 Å². The Morgan fingerprint density at radius 3 is 2.33 bits per heavy atom. The Morgan fingerprint density at radius 1 is 1.14 bits per heavy atom. The summed E-state index contributed by atoms with van der Waals surface area (Å²) < 4.78 is 0. The number of nitrogens with zero attached hydrogens (tertiary/aromatic N) is 3. The van der Waals surface area contributed by atoms with Gasteiger partial charge in [0.05, 0.1) is 12.1 Å². The van der Waals surface area contributed by atoms with Crippen molar-refractivity contribution < 1.29 is 0 Å². The number of aliphatic imine (C=N–C) groups is 1. The Labute approximate surface area is 127 Å². The molecule has 2 aliphatic rings. The lowest BCUT2D eigenvalue weighted by Gasteiger charge is -2.46. The zero-order valence-corrected chi connectivity index (χ0v) is 13.3. The molecule has 1 aromatic carbocycles. The van der Waals surface area contributed by atoms with Crippen molar-refractivity contribution in [3.8, 4) is 0 Å². The summed E-state index contributed by atoms with van der Waals surface area (Å²) in [6, 6.07) is 9.25. The van der Waals surface area contributed by atoms with Gasteiger partial charge >= 0.3 is 0 Å². The van der Waals surface area contributed by atoms with Crippen molar-refractivity contribution in [1.29, 1.82) is 0 Å². The smallest absolute Gasteiger partial charge is 0.196 e. The molecular formula is C17H26N4. The van der Waals surface area contributed by atoms with Gasteiger partial charge in [0, 0.05) is 24.8 Å². The van der Waals surface area contributed by atoms with Crippen LogP contribution in [-0.2, 0) is 0 Å². The van der Waals surface area contributed by atoms with Gasteiger partial charge in [-0.15, -0.1) is 0 Å². The molecule has 2 N–H and O–H groups in total. The van der Waals surface area contributed by atoms with Crippen LogP contribution in [0.2, 0.25) is 0 Å². The van der Waals surface area contributed by atoms with E-state index in [1.54, 1.807) is 0 Å². The molecule has 0 amide bonds. The van der Waals surface area contributed by atoms with Crippen molar-refractivity contribution in [2.45, 2.75) is 45.2 Å². The van der Waals surface area contributed by atoms with Crippen LogP contribution in [0.1, 0.15) is 32.3 Å². The fourth-order valence-electron chi connectivity index (χ4n) is 3.55. The second-order valence-corrected chi connectivity index (χ2v) is 6.70. The van der Waals surface area contributed by atoms with Crippen LogP contribution in [0.4, 0.5) is 5.69 Å². The molecule has 1 aromatic rings. The number of anilines is 1. The fraction of sp³-hybridized carbons (Fsp3) is 0.588. The fourth-order valence-corrected chi connectivity index (χ4v) is 3.55. The molecule has 1 spiro atoms. The van der Waals surface area contributed by atoms with Gasteiger partial charge in [-0.3, -0.25) is 4.99 Å². The van der Waals surface area contributed by atoms with E-state index in [-0.39, 0.29) is 5.54 Å². The molecule has 3 rings (SSSR count).